The fraction of sp³-hybridized carbons (Fsp3) is 0.462. The summed E-state index contributed by atoms with van der Waals surface area (Å²) in [6.07, 6.45) is 0.734. The molecule has 1 unspecified atom stereocenters. The van der Waals surface area contributed by atoms with E-state index in [0.29, 0.717) is 6.61 Å². The van der Waals surface area contributed by atoms with Gasteiger partial charge in [-0.3, -0.25) is 4.79 Å². The van der Waals surface area contributed by atoms with Gasteiger partial charge in [0.2, 0.25) is 0 Å². The molecule has 1 aromatic carbocycles. The highest BCUT2D eigenvalue weighted by Gasteiger charge is 2.18. The monoisotopic (exact) mass is 221 g/mol. The van der Waals surface area contributed by atoms with Gasteiger partial charge in [-0.2, -0.15) is 0 Å². The zero-order valence-corrected chi connectivity index (χ0v) is 9.85. The molecule has 0 saturated heterocycles. The van der Waals surface area contributed by atoms with E-state index >= 15 is 0 Å². The molecule has 0 bridgehead atoms. The molecule has 1 aromatic rings. The highest BCUT2D eigenvalue weighted by molar-refractivity contribution is 5.75. The van der Waals surface area contributed by atoms with Crippen LogP contribution >= 0.6 is 0 Å². The second-order valence-electron chi connectivity index (χ2n) is 4.17. The van der Waals surface area contributed by atoms with Crippen molar-refractivity contribution in [1.29, 1.82) is 0 Å². The second kappa shape index (κ2) is 6.28. The van der Waals surface area contributed by atoms with E-state index in [-0.39, 0.29) is 11.9 Å². The van der Waals surface area contributed by atoms with Gasteiger partial charge in [0.05, 0.1) is 6.61 Å². The van der Waals surface area contributed by atoms with Gasteiger partial charge in [-0.25, -0.2) is 0 Å². The van der Waals surface area contributed by atoms with Gasteiger partial charge in [-0.1, -0.05) is 44.2 Å². The number of carbonyl (C=O) groups excluding carboxylic acids is 1. The fourth-order valence-electron chi connectivity index (χ4n) is 1.28. The lowest BCUT2D eigenvalue weighted by Gasteiger charge is -2.14. The Morgan fingerprint density at radius 1 is 1.31 bits per heavy atom. The molecule has 0 spiro atoms. The third-order valence-corrected chi connectivity index (χ3v) is 2.47. The molecular formula is C13H19NO2. The predicted octanol–water partition coefficient (Wildman–Crippen LogP) is 1.76. The lowest BCUT2D eigenvalue weighted by molar-refractivity contribution is -0.146. The van der Waals surface area contributed by atoms with E-state index in [4.69, 9.17) is 10.5 Å². The molecule has 0 aromatic heterocycles. The molecule has 0 radical (unpaired) electrons. The van der Waals surface area contributed by atoms with Crippen molar-refractivity contribution in [1.82, 2.24) is 0 Å². The summed E-state index contributed by atoms with van der Waals surface area (Å²) in [4.78, 5) is 11.4. The summed E-state index contributed by atoms with van der Waals surface area (Å²) in [5.74, 6) is -0.199. The van der Waals surface area contributed by atoms with Crippen molar-refractivity contribution in [3.63, 3.8) is 0 Å². The smallest absolute Gasteiger partial charge is 0.323 e. The Kier molecular flexibility index (Phi) is 4.99. The normalized spacial score (nSPS) is 12.5. The summed E-state index contributed by atoms with van der Waals surface area (Å²) in [5, 5.41) is 0. The van der Waals surface area contributed by atoms with Gasteiger partial charge < -0.3 is 10.5 Å². The van der Waals surface area contributed by atoms with Gasteiger partial charge in [0.25, 0.3) is 0 Å². The average Bonchev–Trinajstić information content (AvgIpc) is 2.29. The molecule has 3 nitrogen and oxygen atoms in total. The van der Waals surface area contributed by atoms with E-state index in [0.717, 1.165) is 12.0 Å². The summed E-state index contributed by atoms with van der Waals surface area (Å²) < 4.78 is 5.11. The third kappa shape index (κ3) is 4.03. The van der Waals surface area contributed by atoms with Crippen LogP contribution in [0.25, 0.3) is 0 Å². The topological polar surface area (TPSA) is 52.3 Å². The Morgan fingerprint density at radius 2 is 1.94 bits per heavy atom. The van der Waals surface area contributed by atoms with E-state index < -0.39 is 6.04 Å². The van der Waals surface area contributed by atoms with Crippen LogP contribution in [-0.2, 0) is 16.0 Å². The SMILES string of the molecule is CC(C)C(N)C(=O)OCCc1ccccc1. The standard InChI is InChI=1S/C13H19NO2/c1-10(2)12(14)13(15)16-9-8-11-6-4-3-5-7-11/h3-7,10,12H,8-9,14H2,1-2H3. The number of nitrogens with two attached hydrogens (primary N) is 1. The molecule has 0 aliphatic heterocycles. The molecule has 0 saturated carbocycles. The Labute approximate surface area is 96.6 Å². The first-order valence-electron chi connectivity index (χ1n) is 5.57. The van der Waals surface area contributed by atoms with Crippen molar-refractivity contribution < 1.29 is 9.53 Å². The first-order chi connectivity index (χ1) is 7.61. The van der Waals surface area contributed by atoms with Gasteiger partial charge in [0, 0.05) is 6.42 Å². The number of hydrogen-bond acceptors (Lipinski definition) is 3. The zero-order chi connectivity index (χ0) is 12.0. The predicted molar refractivity (Wildman–Crippen MR) is 63.9 cm³/mol. The van der Waals surface area contributed by atoms with Crippen molar-refractivity contribution >= 4 is 5.97 Å². The zero-order valence-electron chi connectivity index (χ0n) is 9.85. The molecule has 2 N–H and O–H groups in total. The van der Waals surface area contributed by atoms with Crippen LogP contribution in [0, 0.1) is 5.92 Å². The van der Waals surface area contributed by atoms with Gasteiger partial charge in [0.15, 0.2) is 0 Å². The number of ether oxygens (including phenoxy) is 1. The van der Waals surface area contributed by atoms with E-state index in [9.17, 15) is 4.79 Å². The van der Waals surface area contributed by atoms with E-state index in [2.05, 4.69) is 0 Å². The first-order valence-corrected chi connectivity index (χ1v) is 5.57. The third-order valence-electron chi connectivity index (χ3n) is 2.47. The average molecular weight is 221 g/mol. The minimum atomic E-state index is -0.518. The minimum absolute atomic E-state index is 0.115. The largest absolute Gasteiger partial charge is 0.464 e. The number of rotatable bonds is 5. The maximum Gasteiger partial charge on any atom is 0.323 e. The van der Waals surface area contributed by atoms with Gasteiger partial charge in [-0.05, 0) is 11.5 Å². The molecule has 0 heterocycles. The molecule has 16 heavy (non-hydrogen) atoms. The minimum Gasteiger partial charge on any atom is -0.464 e. The summed E-state index contributed by atoms with van der Waals surface area (Å²) in [6, 6.07) is 9.40. The van der Waals surface area contributed by atoms with Crippen molar-refractivity contribution in [2.24, 2.45) is 11.7 Å². The Hall–Kier alpha value is -1.35. The Balaban J connectivity index is 2.28. The highest BCUT2D eigenvalue weighted by Crippen LogP contribution is 2.03. The summed E-state index contributed by atoms with van der Waals surface area (Å²) >= 11 is 0. The van der Waals surface area contributed by atoms with Crippen molar-refractivity contribution in [2.45, 2.75) is 26.3 Å². The van der Waals surface area contributed by atoms with E-state index in [1.54, 1.807) is 0 Å². The van der Waals surface area contributed by atoms with Crippen LogP contribution in [-0.4, -0.2) is 18.6 Å². The molecule has 0 fully saturated rings. The lowest BCUT2D eigenvalue weighted by atomic mass is 10.1. The Bertz CT molecular complexity index is 322. The molecule has 1 rings (SSSR count). The summed E-state index contributed by atoms with van der Waals surface area (Å²) in [5.41, 5.74) is 6.83. The fourth-order valence-corrected chi connectivity index (χ4v) is 1.28. The number of esters is 1. The van der Waals surface area contributed by atoms with Crippen molar-refractivity contribution in [3.05, 3.63) is 35.9 Å². The van der Waals surface area contributed by atoms with Crippen LogP contribution in [0.2, 0.25) is 0 Å². The van der Waals surface area contributed by atoms with Gasteiger partial charge in [0.1, 0.15) is 6.04 Å². The quantitative estimate of drug-likeness (QED) is 0.771. The van der Waals surface area contributed by atoms with Crippen molar-refractivity contribution in [3.8, 4) is 0 Å². The van der Waals surface area contributed by atoms with Crippen LogP contribution in [0.5, 0.6) is 0 Å². The van der Waals surface area contributed by atoms with Crippen LogP contribution in [0.15, 0.2) is 30.3 Å². The molecule has 1 atom stereocenters. The molecule has 0 aliphatic rings. The molecule has 88 valence electrons. The molecule has 0 amide bonds. The van der Waals surface area contributed by atoms with Crippen LogP contribution < -0.4 is 5.73 Å². The maximum atomic E-state index is 11.4. The molecule has 3 heteroatoms. The van der Waals surface area contributed by atoms with Crippen LogP contribution in [0.4, 0.5) is 0 Å². The molecular weight excluding hydrogens is 202 g/mol. The number of carbonyl (C=O) groups is 1. The molecule has 0 aliphatic carbocycles. The summed E-state index contributed by atoms with van der Waals surface area (Å²) in [6.45, 7) is 4.20. The van der Waals surface area contributed by atoms with Crippen molar-refractivity contribution in [2.75, 3.05) is 6.61 Å². The number of benzene rings is 1. The lowest BCUT2D eigenvalue weighted by Crippen LogP contribution is -2.37. The summed E-state index contributed by atoms with van der Waals surface area (Å²) in [7, 11) is 0. The van der Waals surface area contributed by atoms with Gasteiger partial charge >= 0.3 is 5.97 Å². The maximum absolute atomic E-state index is 11.4. The van der Waals surface area contributed by atoms with Crippen LogP contribution in [0.3, 0.4) is 0 Å². The second-order valence-corrected chi connectivity index (χ2v) is 4.17. The Morgan fingerprint density at radius 3 is 2.50 bits per heavy atom. The highest BCUT2D eigenvalue weighted by atomic mass is 16.5. The first kappa shape index (κ1) is 12.7. The van der Waals surface area contributed by atoms with Crippen LogP contribution in [0.1, 0.15) is 19.4 Å². The number of hydrogen-bond donors (Lipinski definition) is 1. The van der Waals surface area contributed by atoms with E-state index in [1.807, 2.05) is 44.2 Å². The van der Waals surface area contributed by atoms with E-state index in [1.165, 1.54) is 0 Å². The van der Waals surface area contributed by atoms with Gasteiger partial charge in [-0.15, -0.1) is 0 Å².